The van der Waals surface area contributed by atoms with Crippen molar-refractivity contribution in [1.82, 2.24) is 4.98 Å². The molecule has 1 aromatic rings. The minimum Gasteiger partial charge on any atom is -0.475 e. The lowest BCUT2D eigenvalue weighted by molar-refractivity contribution is 0.150. The molecule has 0 aromatic carbocycles. The lowest BCUT2D eigenvalue weighted by Gasteiger charge is -2.21. The molecule has 0 spiro atoms. The summed E-state index contributed by atoms with van der Waals surface area (Å²) < 4.78 is 10.7. The first kappa shape index (κ1) is 10.7. The number of hydrogen-bond donors (Lipinski definition) is 1. The topological polar surface area (TPSA) is 57.4 Å². The van der Waals surface area contributed by atoms with Crippen LogP contribution in [0, 0.1) is 0 Å². The molecule has 1 aliphatic rings. The van der Waals surface area contributed by atoms with Crippen LogP contribution in [0.25, 0.3) is 0 Å². The molecule has 2 heterocycles. The molecule has 0 amide bonds. The van der Waals surface area contributed by atoms with Crippen molar-refractivity contribution in [3.63, 3.8) is 0 Å². The van der Waals surface area contributed by atoms with Gasteiger partial charge in [0.1, 0.15) is 11.6 Å². The Bertz CT molecular complexity index is 340. The molecule has 15 heavy (non-hydrogen) atoms. The molecule has 0 bridgehead atoms. The second-order valence-electron chi connectivity index (χ2n) is 3.74. The van der Waals surface area contributed by atoms with Crippen molar-refractivity contribution in [3.05, 3.63) is 23.4 Å². The van der Waals surface area contributed by atoms with Crippen LogP contribution in [-0.2, 0) is 4.74 Å². The molecule has 4 nitrogen and oxygen atoms in total. The molecule has 2 rings (SSSR count). The molecule has 1 saturated heterocycles. The molecule has 1 atom stereocenters. The van der Waals surface area contributed by atoms with Crippen molar-refractivity contribution < 1.29 is 9.47 Å². The Kier molecular flexibility index (Phi) is 3.09. The van der Waals surface area contributed by atoms with E-state index in [2.05, 4.69) is 4.98 Å². The maximum absolute atomic E-state index is 6.04. The first-order chi connectivity index (χ1) is 7.20. The van der Waals surface area contributed by atoms with Crippen LogP contribution in [-0.4, -0.2) is 30.3 Å². The highest BCUT2D eigenvalue weighted by molar-refractivity contribution is 6.31. The van der Waals surface area contributed by atoms with Gasteiger partial charge in [0.15, 0.2) is 0 Å². The van der Waals surface area contributed by atoms with Crippen molar-refractivity contribution in [2.24, 2.45) is 5.73 Å². The molecule has 82 valence electrons. The van der Waals surface area contributed by atoms with E-state index in [0.29, 0.717) is 30.7 Å². The largest absolute Gasteiger partial charge is 0.475 e. The quantitative estimate of drug-likeness (QED) is 0.846. The highest BCUT2D eigenvalue weighted by Crippen LogP contribution is 2.22. The summed E-state index contributed by atoms with van der Waals surface area (Å²) in [5.41, 5.74) is 5.63. The first-order valence-electron chi connectivity index (χ1n) is 4.80. The average molecular weight is 229 g/mol. The van der Waals surface area contributed by atoms with E-state index in [9.17, 15) is 0 Å². The van der Waals surface area contributed by atoms with Crippen molar-refractivity contribution in [1.29, 1.82) is 0 Å². The number of nitrogens with two attached hydrogens (primary N) is 1. The Morgan fingerprint density at radius 1 is 1.67 bits per heavy atom. The van der Waals surface area contributed by atoms with Gasteiger partial charge in [0, 0.05) is 12.8 Å². The Hall–Kier alpha value is -0.840. The first-order valence-corrected chi connectivity index (χ1v) is 5.17. The SMILES string of the molecule is NC1(COc2ncccc2Cl)CCOC1. The third kappa shape index (κ3) is 2.59. The van der Waals surface area contributed by atoms with Crippen LogP contribution in [0.4, 0.5) is 0 Å². The summed E-state index contributed by atoms with van der Waals surface area (Å²) in [7, 11) is 0. The highest BCUT2D eigenvalue weighted by Gasteiger charge is 2.31. The van der Waals surface area contributed by atoms with Gasteiger partial charge in [-0.15, -0.1) is 0 Å². The predicted molar refractivity (Wildman–Crippen MR) is 57.1 cm³/mol. The minimum absolute atomic E-state index is 0.379. The third-order valence-corrected chi connectivity index (χ3v) is 2.64. The van der Waals surface area contributed by atoms with E-state index < -0.39 is 5.54 Å². The van der Waals surface area contributed by atoms with Crippen LogP contribution in [0.5, 0.6) is 5.88 Å². The van der Waals surface area contributed by atoms with E-state index in [-0.39, 0.29) is 0 Å². The number of halogens is 1. The summed E-state index contributed by atoms with van der Waals surface area (Å²) in [4.78, 5) is 4.02. The van der Waals surface area contributed by atoms with Crippen LogP contribution < -0.4 is 10.5 Å². The molecule has 0 saturated carbocycles. The van der Waals surface area contributed by atoms with Crippen molar-refractivity contribution in [2.45, 2.75) is 12.0 Å². The zero-order valence-corrected chi connectivity index (χ0v) is 9.04. The van der Waals surface area contributed by atoms with Gasteiger partial charge in [-0.3, -0.25) is 0 Å². The molecular formula is C10H13ClN2O2. The van der Waals surface area contributed by atoms with Crippen molar-refractivity contribution in [2.75, 3.05) is 19.8 Å². The van der Waals surface area contributed by atoms with Crippen LogP contribution in [0.3, 0.4) is 0 Å². The number of pyridine rings is 1. The molecular weight excluding hydrogens is 216 g/mol. The zero-order chi connectivity index (χ0) is 10.7. The lowest BCUT2D eigenvalue weighted by Crippen LogP contribution is -2.46. The fourth-order valence-corrected chi connectivity index (χ4v) is 1.60. The fraction of sp³-hybridized carbons (Fsp3) is 0.500. The average Bonchev–Trinajstić information content (AvgIpc) is 2.65. The summed E-state index contributed by atoms with van der Waals surface area (Å²) in [6.45, 7) is 1.59. The monoisotopic (exact) mass is 228 g/mol. The Morgan fingerprint density at radius 2 is 2.53 bits per heavy atom. The number of ether oxygens (including phenoxy) is 2. The summed E-state index contributed by atoms with van der Waals surface area (Å²) in [6, 6.07) is 3.49. The van der Waals surface area contributed by atoms with Gasteiger partial charge in [0.2, 0.25) is 5.88 Å². The van der Waals surface area contributed by atoms with Gasteiger partial charge >= 0.3 is 0 Å². The van der Waals surface area contributed by atoms with Crippen LogP contribution in [0.15, 0.2) is 18.3 Å². The third-order valence-electron chi connectivity index (χ3n) is 2.35. The van der Waals surface area contributed by atoms with E-state index in [4.69, 9.17) is 26.8 Å². The maximum atomic E-state index is 6.04. The molecule has 5 heteroatoms. The fourth-order valence-electron chi connectivity index (χ4n) is 1.43. The standard InChI is InChI=1S/C10H13ClN2O2/c11-8-2-1-4-13-9(8)15-7-10(12)3-5-14-6-10/h1-2,4H,3,5-7,12H2. The van der Waals surface area contributed by atoms with Crippen LogP contribution >= 0.6 is 11.6 Å². The van der Waals surface area contributed by atoms with Gasteiger partial charge in [-0.1, -0.05) is 11.6 Å². The molecule has 1 aliphatic heterocycles. The van der Waals surface area contributed by atoms with Crippen molar-refractivity contribution >= 4 is 11.6 Å². The normalized spacial score (nSPS) is 25.5. The van der Waals surface area contributed by atoms with Crippen LogP contribution in [0.2, 0.25) is 5.02 Å². The number of nitrogens with zero attached hydrogens (tertiary/aromatic N) is 1. The summed E-state index contributed by atoms with van der Waals surface area (Å²) in [5, 5.41) is 0.500. The van der Waals surface area contributed by atoms with Gasteiger partial charge in [0.25, 0.3) is 0 Å². The van der Waals surface area contributed by atoms with Gasteiger partial charge in [-0.2, -0.15) is 0 Å². The molecule has 1 unspecified atom stereocenters. The van der Waals surface area contributed by atoms with Crippen molar-refractivity contribution in [3.8, 4) is 5.88 Å². The molecule has 0 aliphatic carbocycles. The Balaban J connectivity index is 1.95. The Labute approximate surface area is 93.3 Å². The van der Waals surface area contributed by atoms with Gasteiger partial charge in [-0.05, 0) is 18.6 Å². The zero-order valence-electron chi connectivity index (χ0n) is 8.28. The summed E-state index contributed by atoms with van der Waals surface area (Å²) in [6.07, 6.45) is 2.44. The van der Waals surface area contributed by atoms with Crippen LogP contribution in [0.1, 0.15) is 6.42 Å². The van der Waals surface area contributed by atoms with Gasteiger partial charge < -0.3 is 15.2 Å². The summed E-state index contributed by atoms with van der Waals surface area (Å²) >= 11 is 5.90. The minimum atomic E-state index is -0.402. The van der Waals surface area contributed by atoms with E-state index in [0.717, 1.165) is 6.42 Å². The van der Waals surface area contributed by atoms with E-state index in [1.807, 2.05) is 0 Å². The lowest BCUT2D eigenvalue weighted by atomic mass is 10.0. The van der Waals surface area contributed by atoms with Gasteiger partial charge in [-0.25, -0.2) is 4.98 Å². The predicted octanol–water partition coefficient (Wildman–Crippen LogP) is 1.23. The van der Waals surface area contributed by atoms with E-state index >= 15 is 0 Å². The maximum Gasteiger partial charge on any atom is 0.232 e. The summed E-state index contributed by atoms with van der Waals surface area (Å²) in [5.74, 6) is 0.427. The molecule has 0 radical (unpaired) electrons. The van der Waals surface area contributed by atoms with E-state index in [1.54, 1.807) is 18.3 Å². The van der Waals surface area contributed by atoms with Gasteiger partial charge in [0.05, 0.1) is 12.1 Å². The van der Waals surface area contributed by atoms with E-state index in [1.165, 1.54) is 0 Å². The number of aromatic nitrogens is 1. The Morgan fingerprint density at radius 3 is 3.20 bits per heavy atom. The second kappa shape index (κ2) is 4.35. The molecule has 1 aromatic heterocycles. The highest BCUT2D eigenvalue weighted by atomic mass is 35.5. The number of hydrogen-bond acceptors (Lipinski definition) is 4. The smallest absolute Gasteiger partial charge is 0.232 e. The number of rotatable bonds is 3. The second-order valence-corrected chi connectivity index (χ2v) is 4.15. The molecule has 2 N–H and O–H groups in total. The molecule has 1 fully saturated rings.